The number of anilines is 3. The smallest absolute Gasteiger partial charge is 0.411 e. The minimum absolute atomic E-state index is 0.00596. The first kappa shape index (κ1) is 24.8. The Balaban J connectivity index is 1.54. The van der Waals surface area contributed by atoms with Crippen LogP contribution in [-0.2, 0) is 4.74 Å². The third-order valence-corrected chi connectivity index (χ3v) is 6.14. The van der Waals surface area contributed by atoms with Gasteiger partial charge in [0.1, 0.15) is 11.8 Å². The van der Waals surface area contributed by atoms with Crippen LogP contribution in [0.2, 0.25) is 10.2 Å². The molecule has 0 saturated heterocycles. The minimum Gasteiger partial charge on any atom is -0.481 e. The van der Waals surface area contributed by atoms with Gasteiger partial charge in [0.05, 0.1) is 24.5 Å². The molecular weight excluding hydrogens is 493 g/mol. The molecule has 2 N–H and O–H groups in total. The summed E-state index contributed by atoms with van der Waals surface area (Å²) in [5, 5.41) is 6.40. The summed E-state index contributed by atoms with van der Waals surface area (Å²) in [6, 6.07) is 8.12. The van der Waals surface area contributed by atoms with Crippen LogP contribution in [-0.4, -0.2) is 34.3 Å². The highest BCUT2D eigenvalue weighted by molar-refractivity contribution is 6.30. The van der Waals surface area contributed by atoms with Gasteiger partial charge >= 0.3 is 6.09 Å². The number of hydrogen-bond donors (Lipinski definition) is 2. The number of carbonyl (C=O) groups excluding carboxylic acids is 1. The van der Waals surface area contributed by atoms with E-state index in [9.17, 15) is 9.59 Å². The molecule has 1 aromatic carbocycles. The Kier molecular flexibility index (Phi) is 7.47. The Bertz CT molecular complexity index is 1290. The average molecular weight is 518 g/mol. The van der Waals surface area contributed by atoms with Gasteiger partial charge in [-0.3, -0.25) is 10.1 Å². The van der Waals surface area contributed by atoms with E-state index >= 15 is 0 Å². The lowest BCUT2D eigenvalue weighted by Crippen LogP contribution is -2.32. The first-order valence-corrected chi connectivity index (χ1v) is 11.8. The summed E-state index contributed by atoms with van der Waals surface area (Å²) in [6.45, 7) is 3.66. The number of nitrogens with one attached hydrogen (secondary N) is 2. The second-order valence-electron chi connectivity index (χ2n) is 8.33. The molecule has 2 aromatic heterocycles. The lowest BCUT2D eigenvalue weighted by atomic mass is 10.2. The second kappa shape index (κ2) is 10.5. The number of amides is 1. The number of hydrogen-bond acceptors (Lipinski definition) is 7. The van der Waals surface area contributed by atoms with E-state index in [1.807, 2.05) is 13.0 Å². The highest BCUT2D eigenvalue weighted by atomic mass is 35.5. The molecule has 35 heavy (non-hydrogen) atoms. The van der Waals surface area contributed by atoms with Crippen LogP contribution in [0.1, 0.15) is 30.1 Å². The van der Waals surface area contributed by atoms with Crippen LogP contribution in [0.25, 0.3) is 0 Å². The van der Waals surface area contributed by atoms with Gasteiger partial charge in [-0.05, 0) is 62.9 Å². The molecule has 184 valence electrons. The quantitative estimate of drug-likeness (QED) is 0.405. The van der Waals surface area contributed by atoms with Gasteiger partial charge in [-0.1, -0.05) is 23.2 Å². The number of benzene rings is 1. The molecule has 1 aliphatic carbocycles. The SMILES string of the molecule is COc1nc(C)c(Nc2nc(Cl)cn([C@@H](COC(=O)Nc3ccc(Cl)cc3)C3CC3)c2=O)cc1C. The largest absolute Gasteiger partial charge is 0.481 e. The van der Waals surface area contributed by atoms with Crippen molar-refractivity contribution >= 4 is 46.5 Å². The Hall–Kier alpha value is -3.30. The van der Waals surface area contributed by atoms with Crippen LogP contribution >= 0.6 is 23.2 Å². The fourth-order valence-corrected chi connectivity index (χ4v) is 4.04. The maximum Gasteiger partial charge on any atom is 0.411 e. The van der Waals surface area contributed by atoms with Crippen LogP contribution < -0.4 is 20.9 Å². The first-order chi connectivity index (χ1) is 16.7. The summed E-state index contributed by atoms with van der Waals surface area (Å²) < 4.78 is 12.2. The maximum absolute atomic E-state index is 13.4. The zero-order valence-electron chi connectivity index (χ0n) is 19.5. The summed E-state index contributed by atoms with van der Waals surface area (Å²) in [5.41, 5.74) is 2.24. The van der Waals surface area contributed by atoms with Gasteiger partial charge in [-0.15, -0.1) is 0 Å². The Labute approximate surface area is 212 Å². The van der Waals surface area contributed by atoms with Crippen molar-refractivity contribution in [1.29, 1.82) is 0 Å². The van der Waals surface area contributed by atoms with Crippen LogP contribution in [0.5, 0.6) is 5.88 Å². The zero-order chi connectivity index (χ0) is 25.1. The summed E-state index contributed by atoms with van der Waals surface area (Å²) in [6.07, 6.45) is 2.69. The fraction of sp³-hybridized carbons (Fsp3) is 0.333. The summed E-state index contributed by atoms with van der Waals surface area (Å²) in [4.78, 5) is 34.3. The molecule has 3 aromatic rings. The molecule has 11 heteroatoms. The summed E-state index contributed by atoms with van der Waals surface area (Å²) >= 11 is 12.2. The molecule has 0 unspecified atom stereocenters. The molecular formula is C24H25Cl2N5O4. The Morgan fingerprint density at radius 1 is 1.20 bits per heavy atom. The van der Waals surface area contributed by atoms with Crippen molar-refractivity contribution in [3.05, 3.63) is 68.3 Å². The molecule has 9 nitrogen and oxygen atoms in total. The number of rotatable bonds is 8. The van der Waals surface area contributed by atoms with E-state index < -0.39 is 6.09 Å². The van der Waals surface area contributed by atoms with Gasteiger partial charge in [0, 0.05) is 22.5 Å². The Morgan fingerprint density at radius 2 is 1.91 bits per heavy atom. The van der Waals surface area contributed by atoms with E-state index in [2.05, 4.69) is 20.6 Å². The van der Waals surface area contributed by atoms with E-state index in [1.165, 1.54) is 10.8 Å². The lowest BCUT2D eigenvalue weighted by Gasteiger charge is -2.21. The van der Waals surface area contributed by atoms with Gasteiger partial charge in [0.2, 0.25) is 5.88 Å². The third kappa shape index (κ3) is 6.04. The molecule has 0 aliphatic heterocycles. The maximum atomic E-state index is 13.4. The molecule has 1 amide bonds. The van der Waals surface area contributed by atoms with E-state index in [0.29, 0.717) is 28.0 Å². The van der Waals surface area contributed by atoms with Crippen molar-refractivity contribution in [2.75, 3.05) is 24.4 Å². The van der Waals surface area contributed by atoms with E-state index in [4.69, 9.17) is 32.7 Å². The second-order valence-corrected chi connectivity index (χ2v) is 9.16. The first-order valence-electron chi connectivity index (χ1n) is 11.0. The van der Waals surface area contributed by atoms with Gasteiger partial charge in [-0.2, -0.15) is 0 Å². The average Bonchev–Trinajstić information content (AvgIpc) is 3.65. The Morgan fingerprint density at radius 3 is 2.57 bits per heavy atom. The van der Waals surface area contributed by atoms with E-state index in [0.717, 1.165) is 18.4 Å². The van der Waals surface area contributed by atoms with Crippen molar-refractivity contribution in [1.82, 2.24) is 14.5 Å². The number of aromatic nitrogens is 3. The number of pyridine rings is 1. The van der Waals surface area contributed by atoms with Crippen molar-refractivity contribution in [3.63, 3.8) is 0 Å². The number of methoxy groups -OCH3 is 1. The van der Waals surface area contributed by atoms with Crippen LogP contribution in [0.3, 0.4) is 0 Å². The van der Waals surface area contributed by atoms with Crippen molar-refractivity contribution in [2.24, 2.45) is 5.92 Å². The van der Waals surface area contributed by atoms with Gasteiger partial charge in [-0.25, -0.2) is 14.8 Å². The predicted octanol–water partition coefficient (Wildman–Crippen LogP) is 5.51. The highest BCUT2D eigenvalue weighted by Crippen LogP contribution is 2.39. The van der Waals surface area contributed by atoms with Crippen LogP contribution in [0.15, 0.2) is 41.3 Å². The number of ether oxygens (including phenoxy) is 2. The summed E-state index contributed by atoms with van der Waals surface area (Å²) in [5.74, 6) is 0.754. The molecule has 2 heterocycles. The topological polar surface area (TPSA) is 107 Å². The summed E-state index contributed by atoms with van der Waals surface area (Å²) in [7, 11) is 1.55. The van der Waals surface area contributed by atoms with Gasteiger partial charge < -0.3 is 19.4 Å². The van der Waals surface area contributed by atoms with Crippen molar-refractivity contribution in [2.45, 2.75) is 32.7 Å². The number of carbonyl (C=O) groups is 1. The van der Waals surface area contributed by atoms with Gasteiger partial charge in [0.15, 0.2) is 5.82 Å². The van der Waals surface area contributed by atoms with E-state index in [1.54, 1.807) is 38.3 Å². The number of halogens is 2. The lowest BCUT2D eigenvalue weighted by molar-refractivity contribution is 0.135. The molecule has 0 spiro atoms. The molecule has 4 rings (SSSR count). The van der Waals surface area contributed by atoms with E-state index in [-0.39, 0.29) is 35.1 Å². The minimum atomic E-state index is -0.625. The zero-order valence-corrected chi connectivity index (χ0v) is 21.0. The molecule has 0 radical (unpaired) electrons. The monoisotopic (exact) mass is 517 g/mol. The number of nitrogens with zero attached hydrogens (tertiary/aromatic N) is 3. The molecule has 0 bridgehead atoms. The predicted molar refractivity (Wildman–Crippen MR) is 135 cm³/mol. The molecule has 1 atom stereocenters. The van der Waals surface area contributed by atoms with Gasteiger partial charge in [0.25, 0.3) is 5.56 Å². The van der Waals surface area contributed by atoms with Crippen LogP contribution in [0, 0.1) is 19.8 Å². The normalized spacial score (nSPS) is 13.7. The standard InChI is InChI=1S/C24H25Cl2N5O4/c1-13-10-18(14(2)27-22(13)34-3)29-21-23(32)31(11-20(26)30-21)19(15-4-5-15)12-35-24(33)28-17-8-6-16(25)7-9-17/h6-11,15,19H,4-5,12H2,1-3H3,(H,28,33)(H,29,30)/t19-/m0/s1. The van der Waals surface area contributed by atoms with Crippen LogP contribution in [0.4, 0.5) is 22.0 Å². The number of aryl methyl sites for hydroxylation is 2. The highest BCUT2D eigenvalue weighted by Gasteiger charge is 2.35. The van der Waals surface area contributed by atoms with Crippen molar-refractivity contribution < 1.29 is 14.3 Å². The third-order valence-electron chi connectivity index (χ3n) is 5.70. The van der Waals surface area contributed by atoms with Crippen molar-refractivity contribution in [3.8, 4) is 5.88 Å². The molecule has 1 fully saturated rings. The molecule has 1 saturated carbocycles. The fourth-order valence-electron chi connectivity index (χ4n) is 3.72. The molecule has 1 aliphatic rings.